The molecule has 0 aliphatic carbocycles. The molecule has 0 aromatic heterocycles. The van der Waals surface area contributed by atoms with Gasteiger partial charge < -0.3 is 9.80 Å². The standard InChI is InChI=1S/C19H20ClN3O3/c1-13-4-3-5-16(14(13)2)19(24)22-10-8-21(9-11-22)17-7-6-15(20)12-18(17)23(25)26/h3-7,12H,8-11H2,1-2H3. The molecule has 1 fully saturated rings. The molecule has 1 heterocycles. The van der Waals surface area contributed by atoms with Crippen molar-refractivity contribution in [2.45, 2.75) is 13.8 Å². The zero-order valence-corrected chi connectivity index (χ0v) is 15.5. The molecular weight excluding hydrogens is 354 g/mol. The fourth-order valence-corrected chi connectivity index (χ4v) is 3.38. The van der Waals surface area contributed by atoms with E-state index in [2.05, 4.69) is 0 Å². The third kappa shape index (κ3) is 3.51. The molecule has 3 rings (SSSR count). The molecule has 7 heteroatoms. The Labute approximate surface area is 157 Å². The lowest BCUT2D eigenvalue weighted by molar-refractivity contribution is -0.384. The van der Waals surface area contributed by atoms with Crippen LogP contribution in [0, 0.1) is 24.0 Å². The summed E-state index contributed by atoms with van der Waals surface area (Å²) < 4.78 is 0. The van der Waals surface area contributed by atoms with Crippen molar-refractivity contribution in [3.05, 3.63) is 68.2 Å². The summed E-state index contributed by atoms with van der Waals surface area (Å²) in [5, 5.41) is 11.6. The van der Waals surface area contributed by atoms with Crippen LogP contribution < -0.4 is 4.90 Å². The Balaban J connectivity index is 1.75. The second-order valence-corrected chi connectivity index (χ2v) is 6.85. The highest BCUT2D eigenvalue weighted by molar-refractivity contribution is 6.30. The number of carbonyl (C=O) groups excluding carboxylic acids is 1. The molecule has 136 valence electrons. The Kier molecular flexibility index (Phi) is 5.13. The number of amides is 1. The Hall–Kier alpha value is -2.60. The number of rotatable bonds is 3. The van der Waals surface area contributed by atoms with Gasteiger partial charge in [-0.1, -0.05) is 23.7 Å². The molecule has 2 aromatic carbocycles. The Morgan fingerprint density at radius 2 is 1.81 bits per heavy atom. The normalized spacial score (nSPS) is 14.4. The highest BCUT2D eigenvalue weighted by Gasteiger charge is 2.27. The molecule has 1 aliphatic rings. The molecule has 0 unspecified atom stereocenters. The molecule has 26 heavy (non-hydrogen) atoms. The van der Waals surface area contributed by atoms with Crippen LogP contribution in [0.25, 0.3) is 0 Å². The molecule has 0 radical (unpaired) electrons. The molecule has 0 bridgehead atoms. The van der Waals surface area contributed by atoms with Crippen LogP contribution in [0.4, 0.5) is 11.4 Å². The molecule has 2 aromatic rings. The number of hydrogen-bond acceptors (Lipinski definition) is 4. The van der Waals surface area contributed by atoms with Crippen LogP contribution in [-0.2, 0) is 0 Å². The highest BCUT2D eigenvalue weighted by atomic mass is 35.5. The molecule has 0 spiro atoms. The van der Waals surface area contributed by atoms with Crippen LogP contribution in [0.5, 0.6) is 0 Å². The minimum Gasteiger partial charge on any atom is -0.362 e. The van der Waals surface area contributed by atoms with Gasteiger partial charge in [-0.2, -0.15) is 0 Å². The van der Waals surface area contributed by atoms with E-state index >= 15 is 0 Å². The second-order valence-electron chi connectivity index (χ2n) is 6.42. The maximum atomic E-state index is 12.8. The second kappa shape index (κ2) is 7.33. The fraction of sp³-hybridized carbons (Fsp3) is 0.316. The van der Waals surface area contributed by atoms with Crippen LogP contribution in [0.15, 0.2) is 36.4 Å². The van der Waals surface area contributed by atoms with Crippen LogP contribution in [0.1, 0.15) is 21.5 Å². The minimum atomic E-state index is -0.422. The van der Waals surface area contributed by atoms with Gasteiger partial charge in [0.15, 0.2) is 0 Å². The largest absolute Gasteiger partial charge is 0.362 e. The van der Waals surface area contributed by atoms with E-state index in [4.69, 9.17) is 11.6 Å². The van der Waals surface area contributed by atoms with Crippen LogP contribution >= 0.6 is 11.6 Å². The van der Waals surface area contributed by atoms with Crippen molar-refractivity contribution in [1.82, 2.24) is 4.90 Å². The summed E-state index contributed by atoms with van der Waals surface area (Å²) in [6.45, 7) is 6.07. The van der Waals surface area contributed by atoms with Gasteiger partial charge in [0, 0.05) is 42.8 Å². The molecular formula is C19H20ClN3O3. The van der Waals surface area contributed by atoms with Crippen molar-refractivity contribution in [2.75, 3.05) is 31.1 Å². The fourth-order valence-electron chi connectivity index (χ4n) is 3.21. The van der Waals surface area contributed by atoms with E-state index in [9.17, 15) is 14.9 Å². The number of carbonyl (C=O) groups is 1. The maximum absolute atomic E-state index is 12.8. The predicted molar refractivity (Wildman–Crippen MR) is 102 cm³/mol. The third-order valence-electron chi connectivity index (χ3n) is 4.88. The van der Waals surface area contributed by atoms with E-state index in [-0.39, 0.29) is 11.6 Å². The van der Waals surface area contributed by atoms with Crippen molar-refractivity contribution >= 4 is 28.9 Å². The highest BCUT2D eigenvalue weighted by Crippen LogP contribution is 2.31. The van der Waals surface area contributed by atoms with Crippen LogP contribution in [0.2, 0.25) is 5.02 Å². The predicted octanol–water partition coefficient (Wildman–Crippen LogP) is 3.83. The van der Waals surface area contributed by atoms with Gasteiger partial charge in [-0.15, -0.1) is 0 Å². The first-order valence-electron chi connectivity index (χ1n) is 8.43. The first-order chi connectivity index (χ1) is 12.4. The average molecular weight is 374 g/mol. The molecule has 0 atom stereocenters. The monoisotopic (exact) mass is 373 g/mol. The summed E-state index contributed by atoms with van der Waals surface area (Å²) in [6.07, 6.45) is 0. The number of nitro groups is 1. The zero-order valence-electron chi connectivity index (χ0n) is 14.7. The minimum absolute atomic E-state index is 0.00759. The average Bonchev–Trinajstić information content (AvgIpc) is 2.63. The third-order valence-corrected chi connectivity index (χ3v) is 5.11. The number of nitro benzene ring substituents is 1. The van der Waals surface area contributed by atoms with E-state index in [0.717, 1.165) is 16.7 Å². The molecule has 1 aliphatic heterocycles. The summed E-state index contributed by atoms with van der Waals surface area (Å²) in [5.41, 5.74) is 3.33. The van der Waals surface area contributed by atoms with Crippen molar-refractivity contribution in [3.8, 4) is 0 Å². The van der Waals surface area contributed by atoms with Crippen molar-refractivity contribution < 1.29 is 9.72 Å². The molecule has 1 amide bonds. The lowest BCUT2D eigenvalue weighted by atomic mass is 10.0. The van der Waals surface area contributed by atoms with Gasteiger partial charge in [-0.25, -0.2) is 0 Å². The summed E-state index contributed by atoms with van der Waals surface area (Å²) in [6, 6.07) is 10.4. The lowest BCUT2D eigenvalue weighted by Gasteiger charge is -2.36. The zero-order chi connectivity index (χ0) is 18.8. The first kappa shape index (κ1) is 18.2. The summed E-state index contributed by atoms with van der Waals surface area (Å²) in [4.78, 5) is 27.4. The Bertz CT molecular complexity index is 861. The van der Waals surface area contributed by atoms with Gasteiger partial charge in [0.25, 0.3) is 11.6 Å². The van der Waals surface area contributed by atoms with Gasteiger partial charge >= 0.3 is 0 Å². The van der Waals surface area contributed by atoms with Gasteiger partial charge in [0.05, 0.1) is 4.92 Å². The van der Waals surface area contributed by atoms with E-state index in [1.807, 2.05) is 36.9 Å². The molecule has 0 saturated carbocycles. The first-order valence-corrected chi connectivity index (χ1v) is 8.80. The topological polar surface area (TPSA) is 66.7 Å². The van der Waals surface area contributed by atoms with Crippen molar-refractivity contribution in [1.29, 1.82) is 0 Å². The number of piperazine rings is 1. The van der Waals surface area contributed by atoms with E-state index < -0.39 is 4.92 Å². The van der Waals surface area contributed by atoms with Gasteiger partial charge in [0.1, 0.15) is 5.69 Å². The van der Waals surface area contributed by atoms with Crippen LogP contribution in [-0.4, -0.2) is 41.9 Å². The summed E-state index contributed by atoms with van der Waals surface area (Å²) in [5.74, 6) is 0.0106. The molecule has 0 N–H and O–H groups in total. The number of aryl methyl sites for hydroxylation is 1. The van der Waals surface area contributed by atoms with Gasteiger partial charge in [-0.05, 0) is 43.2 Å². The number of benzene rings is 2. The Morgan fingerprint density at radius 3 is 2.46 bits per heavy atom. The van der Waals surface area contributed by atoms with E-state index in [1.165, 1.54) is 6.07 Å². The van der Waals surface area contributed by atoms with E-state index in [0.29, 0.717) is 36.9 Å². The van der Waals surface area contributed by atoms with E-state index in [1.54, 1.807) is 17.0 Å². The molecule has 1 saturated heterocycles. The maximum Gasteiger partial charge on any atom is 0.294 e. The number of halogens is 1. The SMILES string of the molecule is Cc1cccc(C(=O)N2CCN(c3ccc(Cl)cc3[N+](=O)[O-])CC2)c1C. The number of hydrogen-bond donors (Lipinski definition) is 0. The van der Waals surface area contributed by atoms with Crippen molar-refractivity contribution in [2.24, 2.45) is 0 Å². The summed E-state index contributed by atoms with van der Waals surface area (Å²) in [7, 11) is 0. The summed E-state index contributed by atoms with van der Waals surface area (Å²) >= 11 is 5.88. The number of anilines is 1. The quantitative estimate of drug-likeness (QED) is 0.605. The lowest BCUT2D eigenvalue weighted by Crippen LogP contribution is -2.49. The van der Waals surface area contributed by atoms with Gasteiger partial charge in [-0.3, -0.25) is 14.9 Å². The number of nitrogens with zero attached hydrogens (tertiary/aromatic N) is 3. The van der Waals surface area contributed by atoms with Gasteiger partial charge in [0.2, 0.25) is 0 Å². The van der Waals surface area contributed by atoms with Crippen molar-refractivity contribution in [3.63, 3.8) is 0 Å². The smallest absolute Gasteiger partial charge is 0.294 e. The van der Waals surface area contributed by atoms with Crippen LogP contribution in [0.3, 0.4) is 0 Å². The molecule has 6 nitrogen and oxygen atoms in total. The Morgan fingerprint density at radius 1 is 1.12 bits per heavy atom.